The third-order valence-electron chi connectivity index (χ3n) is 4.88. The summed E-state index contributed by atoms with van der Waals surface area (Å²) in [5.74, 6) is 1.27. The predicted octanol–water partition coefficient (Wildman–Crippen LogP) is 3.43. The van der Waals surface area contributed by atoms with Gasteiger partial charge in [0.05, 0.1) is 0 Å². The van der Waals surface area contributed by atoms with Gasteiger partial charge in [-0.3, -0.25) is 4.79 Å². The van der Waals surface area contributed by atoms with Gasteiger partial charge in [-0.2, -0.15) is 0 Å². The number of benzene rings is 1. The van der Waals surface area contributed by atoms with Gasteiger partial charge in [0.25, 0.3) is 0 Å². The topological polar surface area (TPSA) is 55.1 Å². The molecule has 0 aliphatic heterocycles. The van der Waals surface area contributed by atoms with Crippen LogP contribution in [0.2, 0.25) is 5.02 Å². The van der Waals surface area contributed by atoms with E-state index >= 15 is 0 Å². The molecule has 2 saturated carbocycles. The van der Waals surface area contributed by atoms with Crippen molar-refractivity contribution in [2.24, 2.45) is 23.5 Å². The molecule has 2 aliphatic rings. The lowest BCUT2D eigenvalue weighted by molar-refractivity contribution is -0.122. The molecule has 1 amide bonds. The molecule has 1 aromatic carbocycles. The van der Waals surface area contributed by atoms with Crippen molar-refractivity contribution >= 4 is 23.2 Å². The summed E-state index contributed by atoms with van der Waals surface area (Å²) in [5.41, 5.74) is 7.05. The lowest BCUT2D eigenvalue weighted by Gasteiger charge is -2.43. The maximum Gasteiger partial charge on any atom is 0.227 e. The number of hydrogen-bond donors (Lipinski definition) is 2. The highest BCUT2D eigenvalue weighted by Crippen LogP contribution is 2.42. The molecule has 0 saturated heterocycles. The van der Waals surface area contributed by atoms with Crippen LogP contribution in [-0.2, 0) is 4.79 Å². The number of halogens is 1. The number of anilines is 1. The fourth-order valence-electron chi connectivity index (χ4n) is 3.81. The third kappa shape index (κ3) is 2.84. The molecule has 3 nitrogen and oxygen atoms in total. The van der Waals surface area contributed by atoms with Gasteiger partial charge in [0.1, 0.15) is 0 Å². The van der Waals surface area contributed by atoms with Crippen molar-refractivity contribution in [1.82, 2.24) is 0 Å². The van der Waals surface area contributed by atoms with Crippen LogP contribution in [0.1, 0.15) is 32.1 Å². The van der Waals surface area contributed by atoms with Crippen molar-refractivity contribution in [3.63, 3.8) is 0 Å². The van der Waals surface area contributed by atoms with Crippen LogP contribution in [0, 0.1) is 17.8 Å². The zero-order valence-electron chi connectivity index (χ0n) is 11.5. The van der Waals surface area contributed by atoms with Crippen LogP contribution >= 0.6 is 11.6 Å². The number of hydrogen-bond acceptors (Lipinski definition) is 2. The smallest absolute Gasteiger partial charge is 0.227 e. The van der Waals surface area contributed by atoms with Crippen molar-refractivity contribution in [1.29, 1.82) is 0 Å². The first-order valence-corrected chi connectivity index (χ1v) is 7.83. The number of nitrogens with one attached hydrogen (secondary N) is 1. The fourth-order valence-corrected chi connectivity index (χ4v) is 4.00. The van der Waals surface area contributed by atoms with Crippen LogP contribution in [-0.4, -0.2) is 11.9 Å². The molecule has 0 heterocycles. The Labute approximate surface area is 124 Å². The van der Waals surface area contributed by atoms with Crippen LogP contribution in [0.3, 0.4) is 0 Å². The van der Waals surface area contributed by atoms with Crippen molar-refractivity contribution in [3.8, 4) is 0 Å². The summed E-state index contributed by atoms with van der Waals surface area (Å²) < 4.78 is 0. The van der Waals surface area contributed by atoms with E-state index in [1.807, 2.05) is 12.1 Å². The highest BCUT2D eigenvalue weighted by Gasteiger charge is 2.40. The molecule has 0 spiro atoms. The molecule has 2 unspecified atom stereocenters. The maximum atomic E-state index is 12.4. The summed E-state index contributed by atoms with van der Waals surface area (Å²) >= 11 is 5.94. The van der Waals surface area contributed by atoms with Gasteiger partial charge in [-0.05, 0) is 55.7 Å². The van der Waals surface area contributed by atoms with E-state index in [0.29, 0.717) is 22.9 Å². The second kappa shape index (κ2) is 5.74. The summed E-state index contributed by atoms with van der Waals surface area (Å²) in [5, 5.41) is 3.64. The van der Waals surface area contributed by atoms with E-state index < -0.39 is 0 Å². The molecular formula is C16H21ClN2O. The Morgan fingerprint density at radius 3 is 2.60 bits per heavy atom. The van der Waals surface area contributed by atoms with E-state index in [1.165, 1.54) is 19.3 Å². The van der Waals surface area contributed by atoms with Crippen molar-refractivity contribution in [2.75, 3.05) is 5.32 Å². The Morgan fingerprint density at radius 2 is 1.95 bits per heavy atom. The Bertz CT molecular complexity index is 491. The molecule has 20 heavy (non-hydrogen) atoms. The number of rotatable bonds is 2. The molecule has 2 fully saturated rings. The van der Waals surface area contributed by atoms with Gasteiger partial charge in [-0.15, -0.1) is 0 Å². The lowest BCUT2D eigenvalue weighted by Crippen LogP contribution is -2.48. The summed E-state index contributed by atoms with van der Waals surface area (Å²) in [4.78, 5) is 12.4. The van der Waals surface area contributed by atoms with E-state index in [1.54, 1.807) is 12.1 Å². The highest BCUT2D eigenvalue weighted by molar-refractivity contribution is 6.30. The Morgan fingerprint density at radius 1 is 1.25 bits per heavy atom. The monoisotopic (exact) mass is 292 g/mol. The summed E-state index contributed by atoms with van der Waals surface area (Å²) in [7, 11) is 0. The largest absolute Gasteiger partial charge is 0.327 e. The normalized spacial score (nSPS) is 32.7. The summed E-state index contributed by atoms with van der Waals surface area (Å²) in [6.07, 6.45) is 5.50. The highest BCUT2D eigenvalue weighted by atomic mass is 35.5. The zero-order valence-corrected chi connectivity index (χ0v) is 12.3. The van der Waals surface area contributed by atoms with Gasteiger partial charge in [-0.1, -0.05) is 24.1 Å². The van der Waals surface area contributed by atoms with Crippen LogP contribution in [0.4, 0.5) is 5.69 Å². The standard InChI is InChI=1S/C16H21ClN2O/c17-13-5-2-6-14(9-13)19-16(20)12-7-10-3-1-4-11(8-12)15(10)18/h2,5-6,9-12,15H,1,3-4,7-8,18H2,(H,19,20). The van der Waals surface area contributed by atoms with E-state index in [0.717, 1.165) is 18.5 Å². The van der Waals surface area contributed by atoms with Crippen molar-refractivity contribution in [3.05, 3.63) is 29.3 Å². The minimum atomic E-state index is 0.101. The molecule has 2 bridgehead atoms. The molecule has 3 N–H and O–H groups in total. The molecule has 3 rings (SSSR count). The SMILES string of the molecule is NC1C2CCCC1CC(C(=O)Nc1cccc(Cl)c1)C2. The second-order valence-electron chi connectivity index (χ2n) is 6.20. The van der Waals surface area contributed by atoms with Crippen LogP contribution in [0.5, 0.6) is 0 Å². The van der Waals surface area contributed by atoms with Crippen molar-refractivity contribution < 1.29 is 4.79 Å². The predicted molar refractivity (Wildman–Crippen MR) is 81.6 cm³/mol. The maximum absolute atomic E-state index is 12.4. The number of carbonyl (C=O) groups excluding carboxylic acids is 1. The first-order chi connectivity index (χ1) is 9.63. The zero-order chi connectivity index (χ0) is 14.1. The van der Waals surface area contributed by atoms with Gasteiger partial charge in [0.2, 0.25) is 5.91 Å². The molecule has 0 radical (unpaired) electrons. The average molecular weight is 293 g/mol. The lowest BCUT2D eigenvalue weighted by atomic mass is 9.65. The Hall–Kier alpha value is -1.06. The van der Waals surface area contributed by atoms with Gasteiger partial charge >= 0.3 is 0 Å². The first-order valence-electron chi connectivity index (χ1n) is 7.45. The quantitative estimate of drug-likeness (QED) is 0.877. The summed E-state index contributed by atoms with van der Waals surface area (Å²) in [6.45, 7) is 0. The van der Waals surface area contributed by atoms with E-state index in [9.17, 15) is 4.79 Å². The minimum absolute atomic E-state index is 0.101. The molecular weight excluding hydrogens is 272 g/mol. The summed E-state index contributed by atoms with van der Waals surface area (Å²) in [6, 6.07) is 7.62. The van der Waals surface area contributed by atoms with Gasteiger partial charge in [-0.25, -0.2) is 0 Å². The molecule has 0 aromatic heterocycles. The van der Waals surface area contributed by atoms with E-state index in [2.05, 4.69) is 5.32 Å². The molecule has 108 valence electrons. The molecule has 4 heteroatoms. The fraction of sp³-hybridized carbons (Fsp3) is 0.562. The van der Waals surface area contributed by atoms with Crippen molar-refractivity contribution in [2.45, 2.75) is 38.1 Å². The van der Waals surface area contributed by atoms with Crippen LogP contribution in [0.25, 0.3) is 0 Å². The molecule has 2 aliphatic carbocycles. The second-order valence-corrected chi connectivity index (χ2v) is 6.63. The van der Waals surface area contributed by atoms with E-state index in [-0.39, 0.29) is 11.8 Å². The Kier molecular flexibility index (Phi) is 3.99. The third-order valence-corrected chi connectivity index (χ3v) is 5.11. The number of nitrogens with two attached hydrogens (primary N) is 1. The van der Waals surface area contributed by atoms with Gasteiger partial charge in [0, 0.05) is 22.7 Å². The minimum Gasteiger partial charge on any atom is -0.327 e. The number of carbonyl (C=O) groups is 1. The number of fused-ring (bicyclic) bond motifs is 2. The van der Waals surface area contributed by atoms with Crippen LogP contribution in [0.15, 0.2) is 24.3 Å². The van der Waals surface area contributed by atoms with Gasteiger partial charge < -0.3 is 11.1 Å². The average Bonchev–Trinajstić information content (AvgIpc) is 2.38. The van der Waals surface area contributed by atoms with E-state index in [4.69, 9.17) is 17.3 Å². The van der Waals surface area contributed by atoms with Crippen LogP contribution < -0.4 is 11.1 Å². The molecule has 2 atom stereocenters. The Balaban J connectivity index is 1.66. The number of amides is 1. The molecule has 1 aromatic rings. The first kappa shape index (κ1) is 13.9. The van der Waals surface area contributed by atoms with Gasteiger partial charge in [0.15, 0.2) is 0 Å².